The van der Waals surface area contributed by atoms with Crippen LogP contribution in [0.25, 0.3) is 0 Å². The molecule has 2 atom stereocenters. The molecule has 0 bridgehead atoms. The predicted molar refractivity (Wildman–Crippen MR) is 80.7 cm³/mol. The largest absolute Gasteiger partial charge is 0.486 e. The van der Waals surface area contributed by atoms with Gasteiger partial charge in [0.15, 0.2) is 11.5 Å². The third-order valence-electron chi connectivity index (χ3n) is 3.74. The molecule has 2 aromatic rings. The van der Waals surface area contributed by atoms with Crippen LogP contribution in [0.3, 0.4) is 0 Å². The van der Waals surface area contributed by atoms with Crippen molar-refractivity contribution >= 4 is 0 Å². The van der Waals surface area contributed by atoms with Gasteiger partial charge in [0, 0.05) is 18.7 Å². The third kappa shape index (κ3) is 2.88. The predicted octanol–water partition coefficient (Wildman–Crippen LogP) is 1.92. The average molecular weight is 287 g/mol. The number of aryl methyl sites for hydroxylation is 2. The average Bonchev–Trinajstić information content (AvgIpc) is 2.86. The fraction of sp³-hybridized carbons (Fsp3) is 0.438. The van der Waals surface area contributed by atoms with Gasteiger partial charge in [0.1, 0.15) is 12.7 Å². The molecule has 2 heterocycles. The Kier molecular flexibility index (Phi) is 3.84. The van der Waals surface area contributed by atoms with Gasteiger partial charge in [0.05, 0.1) is 11.7 Å². The summed E-state index contributed by atoms with van der Waals surface area (Å²) >= 11 is 0. The van der Waals surface area contributed by atoms with Gasteiger partial charge in [-0.25, -0.2) is 0 Å². The Balaban J connectivity index is 1.70. The quantitative estimate of drug-likeness (QED) is 0.933. The van der Waals surface area contributed by atoms with E-state index in [1.807, 2.05) is 35.9 Å². The number of aromatic nitrogens is 2. The van der Waals surface area contributed by atoms with Gasteiger partial charge < -0.3 is 15.2 Å². The molecule has 112 valence electrons. The number of nitrogens with zero attached hydrogens (tertiary/aromatic N) is 2. The van der Waals surface area contributed by atoms with E-state index in [1.165, 1.54) is 0 Å². The van der Waals surface area contributed by atoms with Crippen molar-refractivity contribution in [2.24, 2.45) is 5.73 Å². The second kappa shape index (κ2) is 5.77. The SMILES string of the molecule is CCn1nc(C)cc1CC(N)C1COc2ccccc2O1. The van der Waals surface area contributed by atoms with Crippen LogP contribution in [0.2, 0.25) is 0 Å². The highest BCUT2D eigenvalue weighted by Gasteiger charge is 2.27. The summed E-state index contributed by atoms with van der Waals surface area (Å²) in [5.41, 5.74) is 8.49. The highest BCUT2D eigenvalue weighted by molar-refractivity contribution is 5.40. The number of rotatable bonds is 4. The first-order valence-electron chi connectivity index (χ1n) is 7.34. The Bertz CT molecular complexity index is 624. The van der Waals surface area contributed by atoms with E-state index in [4.69, 9.17) is 15.2 Å². The molecule has 0 spiro atoms. The fourth-order valence-corrected chi connectivity index (χ4v) is 2.66. The Morgan fingerprint density at radius 2 is 2.14 bits per heavy atom. The number of benzene rings is 1. The zero-order valence-electron chi connectivity index (χ0n) is 12.5. The zero-order chi connectivity index (χ0) is 14.8. The summed E-state index contributed by atoms with van der Waals surface area (Å²) in [5.74, 6) is 1.56. The maximum Gasteiger partial charge on any atom is 0.161 e. The van der Waals surface area contributed by atoms with Gasteiger partial charge in [-0.2, -0.15) is 5.10 Å². The van der Waals surface area contributed by atoms with E-state index < -0.39 is 0 Å². The summed E-state index contributed by atoms with van der Waals surface area (Å²) in [7, 11) is 0. The van der Waals surface area contributed by atoms with Crippen molar-refractivity contribution in [3.8, 4) is 11.5 Å². The van der Waals surface area contributed by atoms with Crippen molar-refractivity contribution in [3.63, 3.8) is 0 Å². The molecular weight excluding hydrogens is 266 g/mol. The van der Waals surface area contributed by atoms with Gasteiger partial charge in [-0.3, -0.25) is 4.68 Å². The molecule has 1 aliphatic heterocycles. The number of hydrogen-bond donors (Lipinski definition) is 1. The Labute approximate surface area is 124 Å². The summed E-state index contributed by atoms with van der Waals surface area (Å²) in [6.07, 6.45) is 0.589. The van der Waals surface area contributed by atoms with E-state index in [2.05, 4.69) is 18.1 Å². The molecule has 0 fully saturated rings. The molecule has 0 radical (unpaired) electrons. The van der Waals surface area contributed by atoms with Crippen LogP contribution in [0, 0.1) is 6.92 Å². The lowest BCUT2D eigenvalue weighted by atomic mass is 10.1. The lowest BCUT2D eigenvalue weighted by molar-refractivity contribution is 0.0718. The topological polar surface area (TPSA) is 62.3 Å². The highest BCUT2D eigenvalue weighted by Crippen LogP contribution is 2.31. The summed E-state index contributed by atoms with van der Waals surface area (Å²) in [6, 6.07) is 9.65. The Morgan fingerprint density at radius 1 is 1.38 bits per heavy atom. The molecule has 1 aromatic heterocycles. The maximum atomic E-state index is 6.32. The minimum Gasteiger partial charge on any atom is -0.486 e. The lowest BCUT2D eigenvalue weighted by Gasteiger charge is -2.30. The van der Waals surface area contributed by atoms with Crippen molar-refractivity contribution in [2.45, 2.75) is 39.0 Å². The Hall–Kier alpha value is -2.01. The van der Waals surface area contributed by atoms with Gasteiger partial charge in [0.2, 0.25) is 0 Å². The third-order valence-corrected chi connectivity index (χ3v) is 3.74. The molecule has 2 unspecified atom stereocenters. The number of ether oxygens (including phenoxy) is 2. The monoisotopic (exact) mass is 287 g/mol. The number of fused-ring (bicyclic) bond motifs is 1. The van der Waals surface area contributed by atoms with E-state index in [-0.39, 0.29) is 12.1 Å². The molecule has 0 saturated carbocycles. The van der Waals surface area contributed by atoms with Crippen molar-refractivity contribution in [1.82, 2.24) is 9.78 Å². The van der Waals surface area contributed by atoms with Crippen molar-refractivity contribution in [3.05, 3.63) is 41.7 Å². The summed E-state index contributed by atoms with van der Waals surface area (Å²) in [4.78, 5) is 0. The van der Waals surface area contributed by atoms with E-state index in [1.54, 1.807) is 0 Å². The molecule has 1 aliphatic rings. The van der Waals surface area contributed by atoms with Gasteiger partial charge in [-0.15, -0.1) is 0 Å². The molecule has 0 saturated heterocycles. The molecule has 0 amide bonds. The lowest BCUT2D eigenvalue weighted by Crippen LogP contribution is -2.46. The van der Waals surface area contributed by atoms with Gasteiger partial charge >= 0.3 is 0 Å². The van der Waals surface area contributed by atoms with Crippen molar-refractivity contribution < 1.29 is 9.47 Å². The first-order valence-corrected chi connectivity index (χ1v) is 7.34. The Morgan fingerprint density at radius 3 is 2.90 bits per heavy atom. The van der Waals surface area contributed by atoms with Crippen LogP contribution < -0.4 is 15.2 Å². The van der Waals surface area contributed by atoms with Crippen LogP contribution >= 0.6 is 0 Å². The molecule has 5 nitrogen and oxygen atoms in total. The van der Waals surface area contributed by atoms with Crippen LogP contribution in [-0.4, -0.2) is 28.5 Å². The van der Waals surface area contributed by atoms with Gasteiger partial charge in [0.25, 0.3) is 0 Å². The van der Waals surface area contributed by atoms with E-state index in [0.717, 1.165) is 35.9 Å². The first-order chi connectivity index (χ1) is 10.2. The standard InChI is InChI=1S/C16H21N3O2/c1-3-19-12(8-11(2)18-19)9-13(17)16-10-20-14-6-4-5-7-15(14)21-16/h4-8,13,16H,3,9-10,17H2,1-2H3. The van der Waals surface area contributed by atoms with Crippen LogP contribution in [0.15, 0.2) is 30.3 Å². The molecule has 5 heteroatoms. The van der Waals surface area contributed by atoms with Crippen LogP contribution in [0.1, 0.15) is 18.3 Å². The fourth-order valence-electron chi connectivity index (χ4n) is 2.66. The summed E-state index contributed by atoms with van der Waals surface area (Å²) in [5, 5.41) is 4.45. The molecular formula is C16H21N3O2. The number of nitrogens with two attached hydrogens (primary N) is 1. The molecule has 21 heavy (non-hydrogen) atoms. The first kappa shape index (κ1) is 13.9. The molecule has 0 aliphatic carbocycles. The van der Waals surface area contributed by atoms with Crippen LogP contribution in [0.5, 0.6) is 11.5 Å². The minimum absolute atomic E-state index is 0.125. The number of para-hydroxylation sites is 2. The highest BCUT2D eigenvalue weighted by atomic mass is 16.6. The smallest absolute Gasteiger partial charge is 0.161 e. The molecule has 3 rings (SSSR count). The summed E-state index contributed by atoms with van der Waals surface area (Å²) < 4.78 is 13.7. The number of hydrogen-bond acceptors (Lipinski definition) is 4. The van der Waals surface area contributed by atoms with Crippen LogP contribution in [-0.2, 0) is 13.0 Å². The van der Waals surface area contributed by atoms with Crippen molar-refractivity contribution in [1.29, 1.82) is 0 Å². The maximum absolute atomic E-state index is 6.32. The zero-order valence-corrected chi connectivity index (χ0v) is 12.5. The van der Waals surface area contributed by atoms with Crippen molar-refractivity contribution in [2.75, 3.05) is 6.61 Å². The van der Waals surface area contributed by atoms with E-state index in [9.17, 15) is 0 Å². The van der Waals surface area contributed by atoms with E-state index >= 15 is 0 Å². The van der Waals surface area contributed by atoms with E-state index in [0.29, 0.717) is 6.61 Å². The van der Waals surface area contributed by atoms with Gasteiger partial charge in [-0.1, -0.05) is 12.1 Å². The second-order valence-electron chi connectivity index (χ2n) is 5.37. The normalized spacial score (nSPS) is 18.5. The molecule has 1 aromatic carbocycles. The molecule has 2 N–H and O–H groups in total. The second-order valence-corrected chi connectivity index (χ2v) is 5.37. The summed E-state index contributed by atoms with van der Waals surface area (Å²) in [6.45, 7) is 5.41. The van der Waals surface area contributed by atoms with Gasteiger partial charge in [-0.05, 0) is 32.0 Å². The minimum atomic E-state index is -0.139. The van der Waals surface area contributed by atoms with Crippen LogP contribution in [0.4, 0.5) is 0 Å².